The number of rotatable bonds is 6. The van der Waals surface area contributed by atoms with Crippen LogP contribution in [-0.4, -0.2) is 12.3 Å². The summed E-state index contributed by atoms with van der Waals surface area (Å²) in [7, 11) is -7.29. The molecule has 0 bridgehead atoms. The SMILES string of the molecule is CCP(=O)([O-])Oc1ccccc1.CCP(=O)([O-])Oc1ccccc1.[Zn+2]. The van der Waals surface area contributed by atoms with Crippen LogP contribution in [0, 0.1) is 0 Å². The standard InChI is InChI=1S/2C8H11O3P.Zn/c2*1-2-12(9,10)11-8-6-4-3-5-7-8;/h2*3-7H,2H2,1H3,(H,9,10);/q;;+2/p-2. The van der Waals surface area contributed by atoms with Gasteiger partial charge in [-0.15, -0.1) is 0 Å². The predicted octanol–water partition coefficient (Wildman–Crippen LogP) is 3.27. The average molecular weight is 436 g/mol. The summed E-state index contributed by atoms with van der Waals surface area (Å²) < 4.78 is 31.5. The van der Waals surface area contributed by atoms with E-state index in [9.17, 15) is 18.9 Å². The Morgan fingerprint density at radius 1 is 0.720 bits per heavy atom. The molecule has 0 aromatic heterocycles. The van der Waals surface area contributed by atoms with Crippen LogP contribution in [-0.2, 0) is 28.6 Å². The van der Waals surface area contributed by atoms with Crippen molar-refractivity contribution in [2.45, 2.75) is 13.8 Å². The largest absolute Gasteiger partial charge is 2.00 e. The van der Waals surface area contributed by atoms with Crippen LogP contribution in [0.2, 0.25) is 0 Å². The molecule has 0 heterocycles. The summed E-state index contributed by atoms with van der Waals surface area (Å²) in [6.07, 6.45) is 0.0315. The van der Waals surface area contributed by atoms with E-state index in [0.717, 1.165) is 0 Å². The Bertz CT molecular complexity index is 635. The zero-order valence-electron chi connectivity index (χ0n) is 14.2. The van der Waals surface area contributed by atoms with Crippen molar-refractivity contribution in [1.82, 2.24) is 0 Å². The van der Waals surface area contributed by atoms with Crippen LogP contribution < -0.4 is 18.8 Å². The zero-order chi connectivity index (χ0) is 18.1. The van der Waals surface area contributed by atoms with Gasteiger partial charge in [0.05, 0.1) is 0 Å². The van der Waals surface area contributed by atoms with Crippen molar-refractivity contribution in [3.05, 3.63) is 60.7 Å². The summed E-state index contributed by atoms with van der Waals surface area (Å²) in [5.74, 6) is 0.746. The molecule has 0 saturated carbocycles. The van der Waals surface area contributed by atoms with Crippen molar-refractivity contribution >= 4 is 15.2 Å². The molecule has 0 aliphatic rings. The Balaban J connectivity index is 0.000000443. The molecule has 0 saturated heterocycles. The van der Waals surface area contributed by atoms with Crippen molar-refractivity contribution in [2.75, 3.05) is 12.3 Å². The molecule has 6 nitrogen and oxygen atoms in total. The summed E-state index contributed by atoms with van der Waals surface area (Å²) in [5, 5.41) is 0. The summed E-state index contributed by atoms with van der Waals surface area (Å²) >= 11 is 0. The van der Waals surface area contributed by atoms with E-state index in [1.165, 1.54) is 0 Å². The second-order valence-corrected chi connectivity index (χ2v) is 8.74. The smallest absolute Gasteiger partial charge is 0.769 e. The number of benzene rings is 2. The second kappa shape index (κ2) is 11.6. The molecule has 0 aliphatic heterocycles. The predicted molar refractivity (Wildman–Crippen MR) is 90.4 cm³/mol. The summed E-state index contributed by atoms with van der Waals surface area (Å²) in [6.45, 7) is 3.10. The van der Waals surface area contributed by atoms with E-state index in [4.69, 9.17) is 9.05 Å². The third-order valence-corrected chi connectivity index (χ3v) is 5.28. The maximum atomic E-state index is 11.0. The first-order valence-corrected chi connectivity index (χ1v) is 10.8. The fourth-order valence-electron chi connectivity index (χ4n) is 1.41. The molecule has 2 aromatic rings. The van der Waals surface area contributed by atoms with Gasteiger partial charge in [0.15, 0.2) is 15.2 Å². The van der Waals surface area contributed by atoms with Crippen molar-refractivity contribution in [2.24, 2.45) is 0 Å². The molecule has 2 rings (SSSR count). The van der Waals surface area contributed by atoms with Crippen LogP contribution in [0.25, 0.3) is 0 Å². The van der Waals surface area contributed by atoms with Crippen molar-refractivity contribution in [3.63, 3.8) is 0 Å². The van der Waals surface area contributed by atoms with Gasteiger partial charge < -0.3 is 18.8 Å². The van der Waals surface area contributed by atoms with Crippen molar-refractivity contribution in [1.29, 1.82) is 0 Å². The molecule has 0 amide bonds. The molecular weight excluding hydrogens is 416 g/mol. The van der Waals surface area contributed by atoms with E-state index in [1.807, 2.05) is 0 Å². The Kier molecular flexibility index (Phi) is 11.2. The third kappa shape index (κ3) is 10.6. The Labute approximate surface area is 161 Å². The fraction of sp³-hybridized carbons (Fsp3) is 0.250. The first kappa shape index (κ1) is 24.0. The number of para-hydroxylation sites is 2. The summed E-state index contributed by atoms with van der Waals surface area (Å²) in [6, 6.07) is 17.0. The Hall–Kier alpha value is -0.957. The molecule has 0 fully saturated rings. The molecule has 2 aromatic carbocycles. The minimum atomic E-state index is -3.65. The Morgan fingerprint density at radius 2 is 1.00 bits per heavy atom. The zero-order valence-corrected chi connectivity index (χ0v) is 19.0. The van der Waals surface area contributed by atoms with Crippen LogP contribution in [0.3, 0.4) is 0 Å². The van der Waals surface area contributed by atoms with E-state index in [0.29, 0.717) is 11.5 Å². The minimum absolute atomic E-state index is 0. The first-order chi connectivity index (χ1) is 11.3. The average Bonchev–Trinajstić information content (AvgIpc) is 2.57. The van der Waals surface area contributed by atoms with E-state index >= 15 is 0 Å². The molecule has 2 atom stereocenters. The fourth-order valence-corrected chi connectivity index (χ4v) is 2.56. The quantitative estimate of drug-likeness (QED) is 0.510. The summed E-state index contributed by atoms with van der Waals surface area (Å²) in [4.78, 5) is 21.9. The first-order valence-electron chi connectivity index (χ1n) is 7.37. The van der Waals surface area contributed by atoms with Crippen molar-refractivity contribution < 1.29 is 47.4 Å². The molecule has 0 aliphatic carbocycles. The maximum absolute atomic E-state index is 11.0. The van der Waals surface area contributed by atoms with E-state index in [-0.39, 0.29) is 31.8 Å². The van der Waals surface area contributed by atoms with Gasteiger partial charge in [0.2, 0.25) is 0 Å². The van der Waals surface area contributed by atoms with Gasteiger partial charge >= 0.3 is 19.5 Å². The Morgan fingerprint density at radius 3 is 1.24 bits per heavy atom. The second-order valence-electron chi connectivity index (χ2n) is 4.66. The number of hydrogen-bond acceptors (Lipinski definition) is 6. The molecule has 0 N–H and O–H groups in total. The van der Waals surface area contributed by atoms with Gasteiger partial charge in [0, 0.05) is 12.3 Å². The summed E-state index contributed by atoms with van der Waals surface area (Å²) in [5.41, 5.74) is 0. The molecule has 2 unspecified atom stereocenters. The van der Waals surface area contributed by atoms with E-state index in [2.05, 4.69) is 0 Å². The molecule has 25 heavy (non-hydrogen) atoms. The molecule has 132 valence electrons. The third-order valence-electron chi connectivity index (χ3n) is 2.75. The van der Waals surface area contributed by atoms with Gasteiger partial charge in [0.1, 0.15) is 11.5 Å². The van der Waals surface area contributed by atoms with Gasteiger partial charge in [-0.3, -0.25) is 9.13 Å². The molecule has 0 radical (unpaired) electrons. The minimum Gasteiger partial charge on any atom is -0.769 e. The topological polar surface area (TPSA) is 98.7 Å². The van der Waals surface area contributed by atoms with Crippen LogP contribution in [0.15, 0.2) is 60.7 Å². The van der Waals surface area contributed by atoms with Crippen LogP contribution >= 0.6 is 15.2 Å². The number of hydrogen-bond donors (Lipinski definition) is 0. The van der Waals surface area contributed by atoms with Crippen LogP contribution in [0.5, 0.6) is 11.5 Å². The van der Waals surface area contributed by atoms with Crippen molar-refractivity contribution in [3.8, 4) is 11.5 Å². The van der Waals surface area contributed by atoms with Gasteiger partial charge in [-0.2, -0.15) is 0 Å². The maximum Gasteiger partial charge on any atom is 2.00 e. The van der Waals surface area contributed by atoms with E-state index in [1.54, 1.807) is 74.5 Å². The molecule has 9 heteroatoms. The van der Waals surface area contributed by atoms with Crippen LogP contribution in [0.4, 0.5) is 0 Å². The van der Waals surface area contributed by atoms with Gasteiger partial charge in [-0.25, -0.2) is 0 Å². The van der Waals surface area contributed by atoms with Gasteiger partial charge in [0.25, 0.3) is 0 Å². The van der Waals surface area contributed by atoms with Crippen LogP contribution in [0.1, 0.15) is 13.8 Å². The monoisotopic (exact) mass is 434 g/mol. The van der Waals surface area contributed by atoms with Gasteiger partial charge in [-0.1, -0.05) is 50.2 Å². The molecule has 0 spiro atoms. The molecular formula is C16H20O6P2Zn. The van der Waals surface area contributed by atoms with E-state index < -0.39 is 15.2 Å². The normalized spacial score (nSPS) is 14.6. The van der Waals surface area contributed by atoms with Gasteiger partial charge in [-0.05, 0) is 24.3 Å².